The van der Waals surface area contributed by atoms with Crippen molar-refractivity contribution >= 4 is 55.2 Å². The van der Waals surface area contributed by atoms with Crippen molar-refractivity contribution < 1.29 is 0 Å². The molecule has 0 amide bonds. The number of rotatable bonds is 6. The molecule has 0 N–H and O–H groups in total. The summed E-state index contributed by atoms with van der Waals surface area (Å²) in [5.74, 6) is 1.61. The lowest BCUT2D eigenvalue weighted by Crippen LogP contribution is -2.12. The lowest BCUT2D eigenvalue weighted by molar-refractivity contribution is 1.07. The summed E-state index contributed by atoms with van der Waals surface area (Å²) in [7, 11) is 0. The molecule has 0 unspecified atom stereocenters. The zero-order valence-corrected chi connectivity index (χ0v) is 27.3. The predicted octanol–water partition coefficient (Wildman–Crippen LogP) is 11.4. The van der Waals surface area contributed by atoms with E-state index in [9.17, 15) is 0 Å². The van der Waals surface area contributed by atoms with Gasteiger partial charge in [-0.05, 0) is 77.7 Å². The number of aromatic nitrogens is 3. The first-order valence-corrected chi connectivity index (χ1v) is 17.0. The van der Waals surface area contributed by atoms with Gasteiger partial charge in [0.25, 0.3) is 0 Å². The van der Waals surface area contributed by atoms with Gasteiger partial charge in [-0.2, -0.15) is 0 Å². The molecule has 1 aliphatic rings. The topological polar surface area (TPSA) is 34.0 Å². The van der Waals surface area contributed by atoms with Crippen molar-refractivity contribution in [3.05, 3.63) is 175 Å². The SMILES string of the molecule is CC/C=C(\C=C1/CN(c2ccccc2)c2ccccc21)c1ccc2c(c1)c1ccccc1n2-c1nc(-c2ccccc2)nc2ccccc12. The van der Waals surface area contributed by atoms with Gasteiger partial charge in [-0.1, -0.05) is 116 Å². The Morgan fingerprint density at radius 2 is 1.35 bits per heavy atom. The van der Waals surface area contributed by atoms with Crippen molar-refractivity contribution in [3.63, 3.8) is 0 Å². The molecule has 0 aliphatic carbocycles. The van der Waals surface area contributed by atoms with Gasteiger partial charge in [0, 0.05) is 45.2 Å². The minimum absolute atomic E-state index is 0.720. The highest BCUT2D eigenvalue weighted by Crippen LogP contribution is 2.42. The fourth-order valence-corrected chi connectivity index (χ4v) is 7.28. The monoisotopic (exact) mass is 630 g/mol. The summed E-state index contributed by atoms with van der Waals surface area (Å²) in [6, 6.07) is 53.6. The van der Waals surface area contributed by atoms with Crippen molar-refractivity contribution in [2.75, 3.05) is 11.4 Å². The third-order valence-electron chi connectivity index (χ3n) is 9.52. The Kier molecular flexibility index (Phi) is 7.13. The van der Waals surface area contributed by atoms with Gasteiger partial charge >= 0.3 is 0 Å². The van der Waals surface area contributed by atoms with Gasteiger partial charge in [0.15, 0.2) is 5.82 Å². The molecule has 49 heavy (non-hydrogen) atoms. The molecule has 0 bridgehead atoms. The summed E-state index contributed by atoms with van der Waals surface area (Å²) < 4.78 is 2.32. The van der Waals surface area contributed by atoms with Crippen LogP contribution in [0.4, 0.5) is 11.4 Å². The molecule has 3 heterocycles. The van der Waals surface area contributed by atoms with Gasteiger partial charge in [-0.3, -0.25) is 4.57 Å². The van der Waals surface area contributed by atoms with Crippen LogP contribution in [0.1, 0.15) is 24.5 Å². The second-order valence-corrected chi connectivity index (χ2v) is 12.5. The van der Waals surface area contributed by atoms with Crippen LogP contribution in [0, 0.1) is 0 Å². The molecule has 4 nitrogen and oxygen atoms in total. The molecular weight excluding hydrogens is 597 g/mol. The average molecular weight is 631 g/mol. The quantitative estimate of drug-likeness (QED) is 0.183. The average Bonchev–Trinajstić information content (AvgIpc) is 3.70. The van der Waals surface area contributed by atoms with Crippen LogP contribution in [0.15, 0.2) is 164 Å². The van der Waals surface area contributed by atoms with Gasteiger partial charge in [0.2, 0.25) is 0 Å². The molecule has 0 fully saturated rings. The molecule has 0 saturated carbocycles. The fourth-order valence-electron chi connectivity index (χ4n) is 7.28. The maximum atomic E-state index is 5.25. The summed E-state index contributed by atoms with van der Waals surface area (Å²) in [5.41, 5.74) is 11.7. The van der Waals surface area contributed by atoms with Gasteiger partial charge < -0.3 is 4.90 Å². The van der Waals surface area contributed by atoms with Crippen LogP contribution in [0.2, 0.25) is 0 Å². The molecule has 8 aromatic rings. The third kappa shape index (κ3) is 5.01. The Morgan fingerprint density at radius 3 is 2.18 bits per heavy atom. The van der Waals surface area contributed by atoms with Crippen molar-refractivity contribution in [2.24, 2.45) is 0 Å². The van der Waals surface area contributed by atoms with E-state index in [2.05, 4.69) is 156 Å². The van der Waals surface area contributed by atoms with E-state index in [1.54, 1.807) is 0 Å². The summed E-state index contributed by atoms with van der Waals surface area (Å²) in [6.07, 6.45) is 5.69. The van der Waals surface area contributed by atoms with Crippen molar-refractivity contribution in [1.82, 2.24) is 14.5 Å². The molecule has 0 spiro atoms. The highest BCUT2D eigenvalue weighted by molar-refractivity contribution is 6.11. The summed E-state index contributed by atoms with van der Waals surface area (Å²) in [6.45, 7) is 3.04. The molecule has 4 heteroatoms. The number of nitrogens with zero attached hydrogens (tertiary/aromatic N) is 4. The largest absolute Gasteiger partial charge is 0.336 e. The molecule has 0 atom stereocenters. The molecule has 0 saturated heterocycles. The van der Waals surface area contributed by atoms with E-state index in [1.165, 1.54) is 44.4 Å². The maximum Gasteiger partial charge on any atom is 0.162 e. The van der Waals surface area contributed by atoms with Crippen LogP contribution in [0.25, 0.3) is 61.1 Å². The van der Waals surface area contributed by atoms with Crippen molar-refractivity contribution in [2.45, 2.75) is 13.3 Å². The van der Waals surface area contributed by atoms with Gasteiger partial charge in [-0.25, -0.2) is 9.97 Å². The number of fused-ring (bicyclic) bond motifs is 5. The van der Waals surface area contributed by atoms with Gasteiger partial charge in [0.05, 0.1) is 16.6 Å². The summed E-state index contributed by atoms with van der Waals surface area (Å²) >= 11 is 0. The second-order valence-electron chi connectivity index (χ2n) is 12.5. The lowest BCUT2D eigenvalue weighted by atomic mass is 9.97. The van der Waals surface area contributed by atoms with E-state index in [4.69, 9.17) is 9.97 Å². The Hall–Kier alpha value is -6.26. The highest BCUT2D eigenvalue weighted by Gasteiger charge is 2.25. The number of anilines is 2. The standard InChI is InChI=1S/C45H34N4/c1-2-15-32(28-34-30-48(35-18-7-4-8-19-35)41-24-13-10-20-36(34)41)33-26-27-43-39(29-33)37-21-11-14-25-42(37)49(43)45-38-22-9-12-23-40(38)46-44(47-45)31-16-5-3-6-17-31/h3-29H,2,30H2,1H3/b32-15+,34-28+. The fraction of sp³-hybridized carbons (Fsp3) is 0.0667. The summed E-state index contributed by atoms with van der Waals surface area (Å²) in [5, 5.41) is 3.43. The van der Waals surface area contributed by atoms with E-state index >= 15 is 0 Å². The molecule has 1 aliphatic heterocycles. The number of para-hydroxylation sites is 4. The first kappa shape index (κ1) is 28.9. The third-order valence-corrected chi connectivity index (χ3v) is 9.52. The Bertz CT molecular complexity index is 2560. The van der Waals surface area contributed by atoms with Crippen LogP contribution in [0.5, 0.6) is 0 Å². The number of hydrogen-bond acceptors (Lipinski definition) is 3. The Labute approximate surface area is 285 Å². The maximum absolute atomic E-state index is 5.25. The molecule has 6 aromatic carbocycles. The van der Waals surface area contributed by atoms with Crippen LogP contribution in [-0.2, 0) is 0 Å². The molecule has 2 aromatic heterocycles. The predicted molar refractivity (Wildman–Crippen MR) is 205 cm³/mol. The molecule has 234 valence electrons. The Balaban J connectivity index is 1.21. The van der Waals surface area contributed by atoms with E-state index in [-0.39, 0.29) is 0 Å². The number of hydrogen-bond donors (Lipinski definition) is 0. The van der Waals surface area contributed by atoms with Crippen LogP contribution < -0.4 is 4.90 Å². The van der Waals surface area contributed by atoms with E-state index in [1.807, 2.05) is 24.3 Å². The first-order chi connectivity index (χ1) is 24.3. The van der Waals surface area contributed by atoms with E-state index in [0.717, 1.165) is 52.1 Å². The normalized spacial score (nSPS) is 13.9. The van der Waals surface area contributed by atoms with Crippen molar-refractivity contribution in [1.29, 1.82) is 0 Å². The molecule has 0 radical (unpaired) electrons. The zero-order chi connectivity index (χ0) is 32.7. The van der Waals surface area contributed by atoms with Crippen LogP contribution in [-0.4, -0.2) is 21.1 Å². The van der Waals surface area contributed by atoms with Gasteiger partial charge in [0.1, 0.15) is 5.82 Å². The molecular formula is C45H34N4. The second kappa shape index (κ2) is 12.1. The molecule has 9 rings (SSSR count). The van der Waals surface area contributed by atoms with Gasteiger partial charge in [-0.15, -0.1) is 0 Å². The number of benzene rings is 6. The minimum atomic E-state index is 0.720. The van der Waals surface area contributed by atoms with Crippen molar-refractivity contribution in [3.8, 4) is 17.2 Å². The number of allylic oxidation sites excluding steroid dienone is 3. The smallest absolute Gasteiger partial charge is 0.162 e. The minimum Gasteiger partial charge on any atom is -0.336 e. The summed E-state index contributed by atoms with van der Waals surface area (Å²) in [4.78, 5) is 12.6. The lowest BCUT2D eigenvalue weighted by Gasteiger charge is -2.19. The van der Waals surface area contributed by atoms with Crippen LogP contribution >= 0.6 is 0 Å². The Morgan fingerprint density at radius 1 is 0.653 bits per heavy atom. The zero-order valence-electron chi connectivity index (χ0n) is 27.3. The van der Waals surface area contributed by atoms with E-state index < -0.39 is 0 Å². The highest BCUT2D eigenvalue weighted by atomic mass is 15.2. The van der Waals surface area contributed by atoms with Crippen LogP contribution in [0.3, 0.4) is 0 Å². The van der Waals surface area contributed by atoms with E-state index in [0.29, 0.717) is 0 Å². The first-order valence-electron chi connectivity index (χ1n) is 17.0.